The summed E-state index contributed by atoms with van der Waals surface area (Å²) in [4.78, 5) is 25.2. The SMILES string of the molecule is COC(=O)CC1NC(C)CN(C2CC2)C1=O. The Balaban J connectivity index is 2.00. The summed E-state index contributed by atoms with van der Waals surface area (Å²) in [5.41, 5.74) is 0. The van der Waals surface area contributed by atoms with E-state index in [9.17, 15) is 9.59 Å². The van der Waals surface area contributed by atoms with Crippen LogP contribution in [0.15, 0.2) is 0 Å². The first-order chi connectivity index (χ1) is 7.61. The third kappa shape index (κ3) is 2.35. The number of hydrogen-bond donors (Lipinski definition) is 1. The van der Waals surface area contributed by atoms with Crippen molar-refractivity contribution >= 4 is 11.9 Å². The highest BCUT2D eigenvalue weighted by molar-refractivity contribution is 5.87. The molecular formula is C11H18N2O3. The molecule has 0 aromatic rings. The van der Waals surface area contributed by atoms with Crippen LogP contribution in [0.5, 0.6) is 0 Å². The minimum absolute atomic E-state index is 0.0472. The lowest BCUT2D eigenvalue weighted by atomic mass is 10.1. The first-order valence-corrected chi connectivity index (χ1v) is 5.75. The molecule has 1 saturated heterocycles. The summed E-state index contributed by atoms with van der Waals surface area (Å²) in [6, 6.07) is 0.252. The maximum absolute atomic E-state index is 12.1. The zero-order chi connectivity index (χ0) is 11.7. The minimum Gasteiger partial charge on any atom is -0.469 e. The van der Waals surface area contributed by atoms with E-state index in [1.54, 1.807) is 0 Å². The van der Waals surface area contributed by atoms with Crippen molar-refractivity contribution < 1.29 is 14.3 Å². The van der Waals surface area contributed by atoms with E-state index in [-0.39, 0.29) is 24.3 Å². The van der Waals surface area contributed by atoms with Crippen molar-refractivity contribution in [3.8, 4) is 0 Å². The number of carbonyl (C=O) groups excluding carboxylic acids is 2. The fraction of sp³-hybridized carbons (Fsp3) is 0.818. The molecule has 0 spiro atoms. The number of nitrogens with one attached hydrogen (secondary N) is 1. The number of ether oxygens (including phenoxy) is 1. The van der Waals surface area contributed by atoms with Crippen molar-refractivity contribution in [2.75, 3.05) is 13.7 Å². The quantitative estimate of drug-likeness (QED) is 0.683. The van der Waals surface area contributed by atoms with Gasteiger partial charge in [0.25, 0.3) is 0 Å². The van der Waals surface area contributed by atoms with Crippen LogP contribution in [0.2, 0.25) is 0 Å². The van der Waals surface area contributed by atoms with Crippen LogP contribution < -0.4 is 5.32 Å². The van der Waals surface area contributed by atoms with Gasteiger partial charge >= 0.3 is 5.97 Å². The number of piperazine rings is 1. The predicted molar refractivity (Wildman–Crippen MR) is 57.8 cm³/mol. The summed E-state index contributed by atoms with van der Waals surface area (Å²) in [7, 11) is 1.34. The topological polar surface area (TPSA) is 58.6 Å². The van der Waals surface area contributed by atoms with Crippen LogP contribution in [0.3, 0.4) is 0 Å². The molecule has 1 aliphatic heterocycles. The van der Waals surface area contributed by atoms with Gasteiger partial charge < -0.3 is 15.0 Å². The molecule has 1 aliphatic carbocycles. The number of esters is 1. The van der Waals surface area contributed by atoms with E-state index in [2.05, 4.69) is 10.1 Å². The van der Waals surface area contributed by atoms with Crippen molar-refractivity contribution in [1.29, 1.82) is 0 Å². The van der Waals surface area contributed by atoms with Crippen LogP contribution >= 0.6 is 0 Å². The summed E-state index contributed by atoms with van der Waals surface area (Å²) < 4.78 is 4.60. The fourth-order valence-corrected chi connectivity index (χ4v) is 2.16. The molecule has 2 rings (SSSR count). The molecular weight excluding hydrogens is 208 g/mol. The summed E-state index contributed by atoms with van der Waals surface area (Å²) in [6.45, 7) is 2.78. The van der Waals surface area contributed by atoms with E-state index in [0.29, 0.717) is 6.04 Å². The van der Waals surface area contributed by atoms with E-state index in [0.717, 1.165) is 19.4 Å². The summed E-state index contributed by atoms with van der Waals surface area (Å²) >= 11 is 0. The largest absolute Gasteiger partial charge is 0.469 e. The van der Waals surface area contributed by atoms with Gasteiger partial charge in [-0.25, -0.2) is 0 Å². The van der Waals surface area contributed by atoms with E-state index in [1.807, 2.05) is 11.8 Å². The number of carbonyl (C=O) groups is 2. The van der Waals surface area contributed by atoms with Gasteiger partial charge in [0.2, 0.25) is 5.91 Å². The van der Waals surface area contributed by atoms with Crippen molar-refractivity contribution in [2.45, 2.75) is 44.3 Å². The van der Waals surface area contributed by atoms with E-state index < -0.39 is 6.04 Å². The molecule has 1 amide bonds. The predicted octanol–water partition coefficient (Wildman–Crippen LogP) is -0.0992. The van der Waals surface area contributed by atoms with Gasteiger partial charge in [0.05, 0.1) is 19.6 Å². The average molecular weight is 226 g/mol. The Kier molecular flexibility index (Phi) is 3.14. The average Bonchev–Trinajstić information content (AvgIpc) is 3.06. The first kappa shape index (κ1) is 11.4. The summed E-state index contributed by atoms with van der Waals surface area (Å²) in [5.74, 6) is -0.290. The molecule has 5 heteroatoms. The molecule has 1 N–H and O–H groups in total. The van der Waals surface area contributed by atoms with Crippen LogP contribution in [-0.4, -0.2) is 48.6 Å². The highest BCUT2D eigenvalue weighted by Gasteiger charge is 2.40. The second-order valence-corrected chi connectivity index (χ2v) is 4.62. The van der Waals surface area contributed by atoms with Gasteiger partial charge in [0.15, 0.2) is 0 Å². The maximum Gasteiger partial charge on any atom is 0.307 e. The second kappa shape index (κ2) is 4.41. The van der Waals surface area contributed by atoms with Crippen LogP contribution in [0.25, 0.3) is 0 Å². The molecule has 0 aromatic carbocycles. The molecule has 16 heavy (non-hydrogen) atoms. The normalized spacial score (nSPS) is 30.4. The smallest absolute Gasteiger partial charge is 0.307 e. The zero-order valence-electron chi connectivity index (χ0n) is 9.73. The van der Waals surface area contributed by atoms with Crippen LogP contribution in [0, 0.1) is 0 Å². The monoisotopic (exact) mass is 226 g/mol. The molecule has 0 bridgehead atoms. The lowest BCUT2D eigenvalue weighted by Crippen LogP contribution is -2.60. The Morgan fingerprint density at radius 2 is 2.25 bits per heavy atom. The van der Waals surface area contributed by atoms with Gasteiger partial charge in [-0.15, -0.1) is 0 Å². The number of rotatable bonds is 3. The maximum atomic E-state index is 12.1. The molecule has 2 aliphatic rings. The second-order valence-electron chi connectivity index (χ2n) is 4.62. The van der Waals surface area contributed by atoms with Gasteiger partial charge in [-0.3, -0.25) is 9.59 Å². The zero-order valence-corrected chi connectivity index (χ0v) is 9.73. The molecule has 2 fully saturated rings. The van der Waals surface area contributed by atoms with Gasteiger partial charge in [-0.05, 0) is 19.8 Å². The minimum atomic E-state index is -0.406. The number of methoxy groups -OCH3 is 1. The number of nitrogens with zero attached hydrogens (tertiary/aromatic N) is 1. The first-order valence-electron chi connectivity index (χ1n) is 5.75. The van der Waals surface area contributed by atoms with Crippen molar-refractivity contribution in [3.05, 3.63) is 0 Å². The molecule has 0 radical (unpaired) electrons. The van der Waals surface area contributed by atoms with Crippen LogP contribution in [-0.2, 0) is 14.3 Å². The van der Waals surface area contributed by atoms with Crippen molar-refractivity contribution in [2.24, 2.45) is 0 Å². The highest BCUT2D eigenvalue weighted by Crippen LogP contribution is 2.29. The van der Waals surface area contributed by atoms with Crippen molar-refractivity contribution in [3.63, 3.8) is 0 Å². The molecule has 2 unspecified atom stereocenters. The standard InChI is InChI=1S/C11H18N2O3/c1-7-6-13(8-3-4-8)11(15)9(12-7)5-10(14)16-2/h7-9,12H,3-6H2,1-2H3. The Bertz CT molecular complexity index is 302. The highest BCUT2D eigenvalue weighted by atomic mass is 16.5. The molecule has 1 saturated carbocycles. The van der Waals surface area contributed by atoms with Gasteiger partial charge in [0, 0.05) is 18.6 Å². The molecule has 0 aromatic heterocycles. The lowest BCUT2D eigenvalue weighted by Gasteiger charge is -2.36. The lowest BCUT2D eigenvalue weighted by molar-refractivity contribution is -0.147. The summed E-state index contributed by atoms with van der Waals surface area (Å²) in [5, 5.41) is 3.15. The van der Waals surface area contributed by atoms with Crippen LogP contribution in [0.1, 0.15) is 26.2 Å². The molecule has 90 valence electrons. The molecule has 5 nitrogen and oxygen atoms in total. The van der Waals surface area contributed by atoms with E-state index in [4.69, 9.17) is 0 Å². The van der Waals surface area contributed by atoms with Gasteiger partial charge in [0.1, 0.15) is 0 Å². The fourth-order valence-electron chi connectivity index (χ4n) is 2.16. The van der Waals surface area contributed by atoms with Crippen LogP contribution in [0.4, 0.5) is 0 Å². The Hall–Kier alpha value is -1.10. The number of hydrogen-bond acceptors (Lipinski definition) is 4. The van der Waals surface area contributed by atoms with Gasteiger partial charge in [-0.1, -0.05) is 0 Å². The summed E-state index contributed by atoms with van der Waals surface area (Å²) in [6.07, 6.45) is 2.33. The Morgan fingerprint density at radius 1 is 1.56 bits per heavy atom. The van der Waals surface area contributed by atoms with E-state index in [1.165, 1.54) is 7.11 Å². The Labute approximate surface area is 95.1 Å². The number of amides is 1. The molecule has 2 atom stereocenters. The molecule has 1 heterocycles. The van der Waals surface area contributed by atoms with Gasteiger partial charge in [-0.2, -0.15) is 0 Å². The third-order valence-electron chi connectivity index (χ3n) is 3.12. The third-order valence-corrected chi connectivity index (χ3v) is 3.12. The van der Waals surface area contributed by atoms with E-state index >= 15 is 0 Å². The Morgan fingerprint density at radius 3 is 2.81 bits per heavy atom. The van der Waals surface area contributed by atoms with Crippen molar-refractivity contribution in [1.82, 2.24) is 10.2 Å².